The number of aromatic nitrogens is 5. The molecule has 3 aromatic heterocycles. The molecule has 0 spiro atoms. The highest BCUT2D eigenvalue weighted by Gasteiger charge is 2.44. The van der Waals surface area contributed by atoms with E-state index in [4.69, 9.17) is 24.3 Å². The molecular weight excluding hydrogens is 465 g/mol. The van der Waals surface area contributed by atoms with Crippen LogP contribution in [-0.2, 0) is 21.5 Å². The molecule has 0 saturated carbocycles. The Morgan fingerprint density at radius 1 is 1.11 bits per heavy atom. The number of nitrogens with one attached hydrogen (secondary N) is 1. The number of ether oxygens (including phenoxy) is 1. The number of hydrogen-bond donors (Lipinski definition) is 1. The number of carbonyl (C=O) groups is 1. The topological polar surface area (TPSA) is 111 Å². The quantitative estimate of drug-likeness (QED) is 0.455. The molecule has 1 fully saturated rings. The summed E-state index contributed by atoms with van der Waals surface area (Å²) in [7, 11) is 0. The maximum atomic E-state index is 14.4. The van der Waals surface area contributed by atoms with Gasteiger partial charge in [0.1, 0.15) is 35.1 Å². The van der Waals surface area contributed by atoms with Crippen molar-refractivity contribution in [1.29, 1.82) is 0 Å². The number of fused-ring (bicyclic) bond motifs is 1. The molecule has 0 unspecified atom stereocenters. The number of hydrogen-bond acceptors (Lipinski definition) is 8. The summed E-state index contributed by atoms with van der Waals surface area (Å²) in [4.78, 5) is 24.5. The number of carbonyl (C=O) groups excluding carboxylic acids is 1. The maximum absolute atomic E-state index is 14.4. The molecule has 36 heavy (non-hydrogen) atoms. The van der Waals surface area contributed by atoms with E-state index in [1.54, 1.807) is 35.0 Å². The van der Waals surface area contributed by atoms with Crippen molar-refractivity contribution in [3.63, 3.8) is 0 Å². The second kappa shape index (κ2) is 8.52. The van der Waals surface area contributed by atoms with Crippen molar-refractivity contribution in [2.45, 2.75) is 25.8 Å². The van der Waals surface area contributed by atoms with Gasteiger partial charge in [-0.25, -0.2) is 14.4 Å². The Balaban J connectivity index is 1.49. The first-order valence-electron chi connectivity index (χ1n) is 11.7. The summed E-state index contributed by atoms with van der Waals surface area (Å²) in [5.41, 5.74) is 2.12. The number of rotatable bonds is 5. The standard InChI is InChI=1S/C25H24FN7O3/c1-25(2)20-22(29-24(25)34)27-21(28-23(20)32-8-11-35-12-9-32)18-13-19(17-7-10-36-31-17)33(30-18)14-15-5-3-4-6-16(15)26/h3-7,10,13H,8-9,11-12,14H2,1-2H3,(H,27,28,29,34). The predicted molar refractivity (Wildman–Crippen MR) is 129 cm³/mol. The van der Waals surface area contributed by atoms with E-state index in [0.717, 1.165) is 5.56 Å². The molecule has 184 valence electrons. The van der Waals surface area contributed by atoms with Crippen LogP contribution in [0.4, 0.5) is 16.0 Å². The SMILES string of the molecule is CC1(C)C(=O)Nc2nc(-c3cc(-c4ccon4)n(Cc4ccccc4F)n3)nc(N3CCOCC3)c21. The largest absolute Gasteiger partial charge is 0.378 e. The van der Waals surface area contributed by atoms with Crippen LogP contribution in [0.1, 0.15) is 25.0 Å². The van der Waals surface area contributed by atoms with Gasteiger partial charge in [-0.1, -0.05) is 23.4 Å². The monoisotopic (exact) mass is 489 g/mol. The highest BCUT2D eigenvalue weighted by molar-refractivity contribution is 6.06. The minimum Gasteiger partial charge on any atom is -0.378 e. The zero-order valence-electron chi connectivity index (χ0n) is 19.9. The van der Waals surface area contributed by atoms with Crippen molar-refractivity contribution in [3.05, 3.63) is 59.6 Å². The van der Waals surface area contributed by atoms with Crippen LogP contribution < -0.4 is 10.2 Å². The van der Waals surface area contributed by atoms with E-state index >= 15 is 0 Å². The fourth-order valence-corrected chi connectivity index (χ4v) is 4.60. The van der Waals surface area contributed by atoms with E-state index in [2.05, 4.69) is 15.4 Å². The summed E-state index contributed by atoms with van der Waals surface area (Å²) in [5.74, 6) is 1.06. The van der Waals surface area contributed by atoms with Gasteiger partial charge >= 0.3 is 0 Å². The third kappa shape index (κ3) is 3.72. The fourth-order valence-electron chi connectivity index (χ4n) is 4.60. The van der Waals surface area contributed by atoms with Crippen molar-refractivity contribution in [3.8, 4) is 22.9 Å². The minimum absolute atomic E-state index is 0.133. The summed E-state index contributed by atoms with van der Waals surface area (Å²) >= 11 is 0. The normalized spacial score (nSPS) is 16.8. The van der Waals surface area contributed by atoms with Gasteiger partial charge in [-0.05, 0) is 26.0 Å². The van der Waals surface area contributed by atoms with E-state index in [9.17, 15) is 9.18 Å². The first kappa shape index (κ1) is 22.4. The lowest BCUT2D eigenvalue weighted by molar-refractivity contribution is -0.119. The number of nitrogens with zero attached hydrogens (tertiary/aromatic N) is 6. The van der Waals surface area contributed by atoms with E-state index in [1.807, 2.05) is 13.8 Å². The van der Waals surface area contributed by atoms with E-state index in [1.165, 1.54) is 12.3 Å². The van der Waals surface area contributed by atoms with Crippen LogP contribution in [0, 0.1) is 5.82 Å². The van der Waals surface area contributed by atoms with Gasteiger partial charge in [0, 0.05) is 24.7 Å². The Kier molecular flexibility index (Phi) is 5.29. The molecule has 0 bridgehead atoms. The van der Waals surface area contributed by atoms with Crippen LogP contribution in [0.5, 0.6) is 0 Å². The Hall–Kier alpha value is -4.12. The first-order valence-corrected chi connectivity index (χ1v) is 11.7. The average Bonchev–Trinajstić information content (AvgIpc) is 3.60. The highest BCUT2D eigenvalue weighted by atomic mass is 19.1. The lowest BCUT2D eigenvalue weighted by Crippen LogP contribution is -2.39. The van der Waals surface area contributed by atoms with Gasteiger partial charge in [0.15, 0.2) is 5.82 Å². The third-order valence-electron chi connectivity index (χ3n) is 6.61. The highest BCUT2D eigenvalue weighted by Crippen LogP contribution is 2.43. The molecule has 1 aromatic carbocycles. The Labute approximate surface area is 206 Å². The van der Waals surface area contributed by atoms with Gasteiger partial charge in [0.2, 0.25) is 5.91 Å². The molecule has 11 heteroatoms. The molecule has 2 aliphatic rings. The van der Waals surface area contributed by atoms with Crippen molar-refractivity contribution >= 4 is 17.5 Å². The molecule has 1 saturated heterocycles. The number of halogens is 1. The summed E-state index contributed by atoms with van der Waals surface area (Å²) in [6.45, 7) is 6.37. The molecule has 1 amide bonds. The van der Waals surface area contributed by atoms with Crippen LogP contribution in [0.3, 0.4) is 0 Å². The summed E-state index contributed by atoms with van der Waals surface area (Å²) in [5, 5.41) is 11.7. The molecular formula is C25H24FN7O3. The summed E-state index contributed by atoms with van der Waals surface area (Å²) in [6.07, 6.45) is 1.47. The second-order valence-corrected chi connectivity index (χ2v) is 9.32. The second-order valence-electron chi connectivity index (χ2n) is 9.32. The first-order chi connectivity index (χ1) is 17.4. The van der Waals surface area contributed by atoms with Crippen molar-refractivity contribution in [1.82, 2.24) is 24.9 Å². The zero-order valence-corrected chi connectivity index (χ0v) is 19.9. The van der Waals surface area contributed by atoms with Crippen molar-refractivity contribution in [2.24, 2.45) is 0 Å². The molecule has 5 heterocycles. The number of benzene rings is 1. The number of anilines is 2. The van der Waals surface area contributed by atoms with E-state index in [-0.39, 0.29) is 18.3 Å². The molecule has 0 aliphatic carbocycles. The third-order valence-corrected chi connectivity index (χ3v) is 6.61. The Morgan fingerprint density at radius 3 is 2.67 bits per heavy atom. The van der Waals surface area contributed by atoms with Crippen LogP contribution in [0.25, 0.3) is 22.9 Å². The maximum Gasteiger partial charge on any atom is 0.235 e. The van der Waals surface area contributed by atoms with Gasteiger partial charge in [-0.15, -0.1) is 0 Å². The van der Waals surface area contributed by atoms with Gasteiger partial charge in [0.25, 0.3) is 0 Å². The van der Waals surface area contributed by atoms with Crippen LogP contribution in [0.2, 0.25) is 0 Å². The van der Waals surface area contributed by atoms with Crippen LogP contribution in [-0.4, -0.2) is 57.1 Å². The lowest BCUT2D eigenvalue weighted by Gasteiger charge is -2.31. The van der Waals surface area contributed by atoms with Gasteiger partial charge in [-0.2, -0.15) is 5.10 Å². The predicted octanol–water partition coefficient (Wildman–Crippen LogP) is 3.25. The van der Waals surface area contributed by atoms with Crippen molar-refractivity contribution in [2.75, 3.05) is 36.5 Å². The molecule has 10 nitrogen and oxygen atoms in total. The number of amides is 1. The Morgan fingerprint density at radius 2 is 1.92 bits per heavy atom. The van der Waals surface area contributed by atoms with Crippen LogP contribution in [0.15, 0.2) is 47.2 Å². The summed E-state index contributed by atoms with van der Waals surface area (Å²) < 4.78 is 26.7. The van der Waals surface area contributed by atoms with Gasteiger partial charge in [-0.3, -0.25) is 9.48 Å². The lowest BCUT2D eigenvalue weighted by atomic mass is 9.87. The van der Waals surface area contributed by atoms with Crippen molar-refractivity contribution < 1.29 is 18.4 Å². The smallest absolute Gasteiger partial charge is 0.235 e. The number of morpholine rings is 1. The molecule has 1 N–H and O–H groups in total. The molecule has 2 aliphatic heterocycles. The molecule has 0 radical (unpaired) electrons. The molecule has 0 atom stereocenters. The zero-order chi connectivity index (χ0) is 24.9. The Bertz CT molecular complexity index is 1440. The van der Waals surface area contributed by atoms with Gasteiger partial charge < -0.3 is 19.5 Å². The van der Waals surface area contributed by atoms with Crippen LogP contribution >= 0.6 is 0 Å². The summed E-state index contributed by atoms with van der Waals surface area (Å²) in [6, 6.07) is 10.1. The van der Waals surface area contributed by atoms with E-state index in [0.29, 0.717) is 66.4 Å². The molecule has 6 rings (SSSR count). The average molecular weight is 490 g/mol. The van der Waals surface area contributed by atoms with Gasteiger partial charge in [0.05, 0.1) is 36.4 Å². The minimum atomic E-state index is -0.780. The van der Waals surface area contributed by atoms with E-state index < -0.39 is 5.41 Å². The molecule has 4 aromatic rings. The fraction of sp³-hybridized carbons (Fsp3) is 0.320.